The maximum absolute atomic E-state index is 13.5. The molecule has 0 saturated heterocycles. The Labute approximate surface area is 193 Å². The number of carbonyl (C=O) groups is 2. The van der Waals surface area contributed by atoms with Gasteiger partial charge >= 0.3 is 5.97 Å². The monoisotopic (exact) mass is 450 g/mol. The summed E-state index contributed by atoms with van der Waals surface area (Å²) in [7, 11) is 5.34. The number of esters is 1. The molecule has 5 nitrogen and oxygen atoms in total. The molecule has 0 spiro atoms. The van der Waals surface area contributed by atoms with Gasteiger partial charge in [0.05, 0.1) is 7.11 Å². The van der Waals surface area contributed by atoms with Gasteiger partial charge < -0.3 is 9.64 Å². The second-order valence-corrected chi connectivity index (χ2v) is 9.09. The number of allylic oxidation sites excluding steroid dienone is 2. The summed E-state index contributed by atoms with van der Waals surface area (Å²) in [6.45, 7) is 1.85. The highest BCUT2D eigenvalue weighted by Gasteiger charge is 2.44. The minimum atomic E-state index is -0.611. The topological polar surface area (TPSA) is 59.0 Å². The fourth-order valence-electron chi connectivity index (χ4n) is 4.80. The van der Waals surface area contributed by atoms with Crippen LogP contribution in [0.1, 0.15) is 42.7 Å². The first kappa shape index (κ1) is 22.3. The van der Waals surface area contributed by atoms with Crippen molar-refractivity contribution in [3.63, 3.8) is 0 Å². The van der Waals surface area contributed by atoms with Gasteiger partial charge in [0.1, 0.15) is 5.92 Å². The van der Waals surface area contributed by atoms with Crippen LogP contribution in [0.5, 0.6) is 0 Å². The van der Waals surface area contributed by atoms with Gasteiger partial charge in [0.2, 0.25) is 0 Å². The van der Waals surface area contributed by atoms with E-state index in [2.05, 4.69) is 0 Å². The third-order valence-corrected chi connectivity index (χ3v) is 6.71. The first-order valence-corrected chi connectivity index (χ1v) is 11.1. The summed E-state index contributed by atoms with van der Waals surface area (Å²) in [6.07, 6.45) is 1.04. The molecule has 1 heterocycles. The van der Waals surface area contributed by atoms with Crippen molar-refractivity contribution in [2.24, 2.45) is 10.9 Å². The predicted molar refractivity (Wildman–Crippen MR) is 128 cm³/mol. The Balaban J connectivity index is 1.78. The van der Waals surface area contributed by atoms with E-state index >= 15 is 0 Å². The number of benzene rings is 2. The van der Waals surface area contributed by atoms with Crippen molar-refractivity contribution in [3.05, 3.63) is 76.0 Å². The summed E-state index contributed by atoms with van der Waals surface area (Å²) in [5.41, 5.74) is 5.16. The number of anilines is 1. The van der Waals surface area contributed by atoms with Crippen molar-refractivity contribution in [1.29, 1.82) is 0 Å². The third kappa shape index (κ3) is 4.09. The third-order valence-electron chi connectivity index (χ3n) is 6.45. The molecule has 2 aromatic carbocycles. The quantitative estimate of drug-likeness (QED) is 0.604. The standard InChI is InChI=1S/C26H27ClN2O3/c1-15-23(26(31)32-4)24(17-7-11-20(12-8-17)29(2)3)25-21(28-15)13-18(14-22(25)30)16-5-9-19(27)10-6-16/h5-12,18,23-24H,13-14H2,1-4H3/t18-,23?,24+/m1/s1. The predicted octanol–water partition coefficient (Wildman–Crippen LogP) is 5.15. The van der Waals surface area contributed by atoms with Gasteiger partial charge in [0, 0.05) is 54.1 Å². The molecule has 2 aromatic rings. The van der Waals surface area contributed by atoms with E-state index in [4.69, 9.17) is 21.3 Å². The van der Waals surface area contributed by atoms with Crippen LogP contribution in [0.25, 0.3) is 0 Å². The van der Waals surface area contributed by atoms with Crippen LogP contribution >= 0.6 is 11.6 Å². The van der Waals surface area contributed by atoms with E-state index in [9.17, 15) is 9.59 Å². The molecule has 0 saturated carbocycles. The Bertz CT molecular complexity index is 1100. The molecule has 1 aliphatic carbocycles. The lowest BCUT2D eigenvalue weighted by Gasteiger charge is -2.36. The van der Waals surface area contributed by atoms with E-state index in [1.54, 1.807) is 0 Å². The lowest BCUT2D eigenvalue weighted by molar-refractivity contribution is -0.143. The van der Waals surface area contributed by atoms with Gasteiger partial charge in [-0.15, -0.1) is 0 Å². The van der Waals surface area contributed by atoms with Gasteiger partial charge in [-0.2, -0.15) is 0 Å². The number of halogens is 1. The summed E-state index contributed by atoms with van der Waals surface area (Å²) in [6, 6.07) is 15.7. The highest BCUT2D eigenvalue weighted by Crippen LogP contribution is 2.47. The maximum atomic E-state index is 13.5. The van der Waals surface area contributed by atoms with Crippen LogP contribution in [0.3, 0.4) is 0 Å². The molecular formula is C26H27ClN2O3. The van der Waals surface area contributed by atoms with Crippen LogP contribution in [0.2, 0.25) is 5.02 Å². The van der Waals surface area contributed by atoms with Crippen LogP contribution in [-0.4, -0.2) is 38.7 Å². The lowest BCUT2D eigenvalue weighted by Crippen LogP contribution is -2.37. The minimum absolute atomic E-state index is 0.0399. The smallest absolute Gasteiger partial charge is 0.315 e. The molecule has 2 aliphatic rings. The Morgan fingerprint density at radius 3 is 2.25 bits per heavy atom. The number of Topliss-reactive ketones (excluding diaryl/α,β-unsaturated/α-hetero) is 1. The minimum Gasteiger partial charge on any atom is -0.468 e. The van der Waals surface area contributed by atoms with Crippen molar-refractivity contribution in [2.45, 2.75) is 31.6 Å². The molecular weight excluding hydrogens is 424 g/mol. The second-order valence-electron chi connectivity index (χ2n) is 8.66. The highest BCUT2D eigenvalue weighted by molar-refractivity contribution is 6.30. The molecule has 4 rings (SSSR count). The van der Waals surface area contributed by atoms with E-state index in [0.29, 0.717) is 29.1 Å². The molecule has 0 fully saturated rings. The molecule has 1 aliphatic heterocycles. The van der Waals surface area contributed by atoms with E-state index in [0.717, 1.165) is 22.5 Å². The average Bonchev–Trinajstić information content (AvgIpc) is 2.78. The van der Waals surface area contributed by atoms with Gasteiger partial charge in [-0.1, -0.05) is 35.9 Å². The summed E-state index contributed by atoms with van der Waals surface area (Å²) in [5, 5.41) is 0.671. The van der Waals surface area contributed by atoms with Crippen LogP contribution < -0.4 is 4.90 Å². The Morgan fingerprint density at radius 1 is 1.03 bits per heavy atom. The molecule has 1 unspecified atom stereocenters. The molecule has 0 bridgehead atoms. The molecule has 0 N–H and O–H groups in total. The highest BCUT2D eigenvalue weighted by atomic mass is 35.5. The van der Waals surface area contributed by atoms with Crippen molar-refractivity contribution in [3.8, 4) is 0 Å². The fraction of sp³-hybridized carbons (Fsp3) is 0.346. The molecule has 166 valence electrons. The normalized spacial score (nSPS) is 22.8. The van der Waals surface area contributed by atoms with E-state index in [1.165, 1.54) is 7.11 Å². The maximum Gasteiger partial charge on any atom is 0.315 e. The number of rotatable bonds is 4. The first-order chi connectivity index (χ1) is 15.3. The Hall–Kier alpha value is -2.92. The van der Waals surface area contributed by atoms with E-state index in [1.807, 2.05) is 74.4 Å². The number of methoxy groups -OCH3 is 1. The van der Waals surface area contributed by atoms with Gasteiger partial charge in [0.25, 0.3) is 0 Å². The van der Waals surface area contributed by atoms with Gasteiger partial charge in [0.15, 0.2) is 5.78 Å². The molecule has 0 aromatic heterocycles. The number of hydrogen-bond donors (Lipinski definition) is 0. The molecule has 0 amide bonds. The van der Waals surface area contributed by atoms with Crippen LogP contribution in [-0.2, 0) is 14.3 Å². The Kier molecular flexibility index (Phi) is 6.20. The number of ketones is 1. The van der Waals surface area contributed by atoms with Crippen molar-refractivity contribution in [2.75, 3.05) is 26.1 Å². The van der Waals surface area contributed by atoms with Crippen LogP contribution in [0.4, 0.5) is 5.69 Å². The SMILES string of the molecule is COC(=O)C1C(C)=NC2=C(C(=O)C[C@H](c3ccc(Cl)cc3)C2)[C@H]1c1ccc(N(C)C)cc1. The zero-order valence-electron chi connectivity index (χ0n) is 18.8. The van der Waals surface area contributed by atoms with Crippen LogP contribution in [0, 0.1) is 5.92 Å². The van der Waals surface area contributed by atoms with Gasteiger partial charge in [-0.05, 0) is 54.7 Å². The van der Waals surface area contributed by atoms with E-state index in [-0.39, 0.29) is 17.7 Å². The largest absolute Gasteiger partial charge is 0.468 e. The first-order valence-electron chi connectivity index (χ1n) is 10.7. The number of carbonyl (C=O) groups excluding carboxylic acids is 2. The van der Waals surface area contributed by atoms with E-state index < -0.39 is 11.8 Å². The fourth-order valence-corrected chi connectivity index (χ4v) is 4.93. The van der Waals surface area contributed by atoms with Crippen molar-refractivity contribution in [1.82, 2.24) is 0 Å². The number of aliphatic imine (C=N–C) groups is 1. The summed E-state index contributed by atoms with van der Waals surface area (Å²) < 4.78 is 5.12. The number of ether oxygens (including phenoxy) is 1. The molecule has 32 heavy (non-hydrogen) atoms. The zero-order chi connectivity index (χ0) is 23.0. The lowest BCUT2D eigenvalue weighted by atomic mass is 9.69. The van der Waals surface area contributed by atoms with Crippen LogP contribution in [0.15, 0.2) is 64.8 Å². The summed E-state index contributed by atoms with van der Waals surface area (Å²) >= 11 is 6.04. The molecule has 3 atom stereocenters. The van der Waals surface area contributed by atoms with Gasteiger partial charge in [-0.25, -0.2) is 0 Å². The summed E-state index contributed by atoms with van der Waals surface area (Å²) in [4.78, 5) is 33.0. The number of nitrogens with zero attached hydrogens (tertiary/aromatic N) is 2. The van der Waals surface area contributed by atoms with Crippen molar-refractivity contribution >= 4 is 34.8 Å². The summed E-state index contributed by atoms with van der Waals surface area (Å²) in [5.74, 6) is -1.29. The Morgan fingerprint density at radius 2 is 1.66 bits per heavy atom. The molecule has 6 heteroatoms. The van der Waals surface area contributed by atoms with Gasteiger partial charge in [-0.3, -0.25) is 14.6 Å². The zero-order valence-corrected chi connectivity index (χ0v) is 19.5. The average molecular weight is 451 g/mol. The second kappa shape index (κ2) is 8.91. The van der Waals surface area contributed by atoms with Crippen molar-refractivity contribution < 1.29 is 14.3 Å². The number of hydrogen-bond acceptors (Lipinski definition) is 5. The molecule has 0 radical (unpaired) electrons.